The molecule has 1 aliphatic heterocycles. The van der Waals surface area contributed by atoms with Crippen LogP contribution in [0.3, 0.4) is 0 Å². The van der Waals surface area contributed by atoms with Crippen molar-refractivity contribution in [2.75, 3.05) is 14.7 Å². The molecule has 7 heteroatoms. The summed E-state index contributed by atoms with van der Waals surface area (Å²) in [5.74, 6) is 0. The third kappa shape index (κ3) is 7.16. The predicted molar refractivity (Wildman–Crippen MR) is 359 cm³/mol. The van der Waals surface area contributed by atoms with E-state index in [4.69, 9.17) is 8.83 Å². The van der Waals surface area contributed by atoms with Crippen molar-refractivity contribution in [1.29, 1.82) is 10.5 Å². The molecule has 7 nitrogen and oxygen atoms in total. The summed E-state index contributed by atoms with van der Waals surface area (Å²) in [7, 11) is 0. The van der Waals surface area contributed by atoms with E-state index in [1.54, 1.807) is 0 Å². The molecule has 0 N–H and O–H groups in total. The van der Waals surface area contributed by atoms with E-state index in [0.717, 1.165) is 129 Å². The molecule has 17 rings (SSSR count). The van der Waals surface area contributed by atoms with Gasteiger partial charge in [-0.15, -0.1) is 0 Å². The van der Waals surface area contributed by atoms with Gasteiger partial charge in [-0.1, -0.05) is 190 Å². The van der Waals surface area contributed by atoms with Gasteiger partial charge in [-0.3, -0.25) is 0 Å². The summed E-state index contributed by atoms with van der Waals surface area (Å²) >= 11 is 0. The summed E-state index contributed by atoms with van der Waals surface area (Å²) in [5.41, 5.74) is 20.8. The molecule has 2 aliphatic rings. The standard InChI is InChI=1S/C81H53N5O2/c1-3-50-38-42-55(43-39-50)85(71-36-18-30-63-61-28-16-20-52(48-82)77(61)87-79(63)71)73-46-67-75(59-26-10-8-24-57(59)73)76-60-27-11-9-25-58(60)74(47-68(76)81(67)65-32-12-14-34-69(65)84(54-22-6-5-7-23-54)70-35-15-13-33-66(70)81)86(56-44-40-51(4-2)41-45-56)72-37-19-31-64-62-29-17-21-53(49-83)78(62)88-80(64)72/h5-47H,3-4H2,1-2H3. The Labute approximate surface area is 508 Å². The zero-order valence-electron chi connectivity index (χ0n) is 48.3. The first-order chi connectivity index (χ1) is 43.5. The number of aryl methyl sites for hydroxylation is 2. The minimum absolute atomic E-state index is 0.492. The van der Waals surface area contributed by atoms with Crippen LogP contribution in [0.5, 0.6) is 0 Å². The quantitative estimate of drug-likeness (QED) is 0.142. The lowest BCUT2D eigenvalue weighted by molar-refractivity contribution is 0.667. The largest absolute Gasteiger partial charge is 0.452 e. The zero-order valence-corrected chi connectivity index (χ0v) is 48.3. The third-order valence-corrected chi connectivity index (χ3v) is 18.6. The van der Waals surface area contributed by atoms with Gasteiger partial charge in [-0.25, -0.2) is 0 Å². The lowest BCUT2D eigenvalue weighted by Crippen LogP contribution is -2.36. The van der Waals surface area contributed by atoms with Crippen molar-refractivity contribution in [1.82, 2.24) is 0 Å². The van der Waals surface area contributed by atoms with E-state index in [1.807, 2.05) is 24.3 Å². The number of hydrogen-bond donors (Lipinski definition) is 0. The van der Waals surface area contributed by atoms with Gasteiger partial charge in [0.15, 0.2) is 22.3 Å². The van der Waals surface area contributed by atoms with E-state index in [1.165, 1.54) is 22.3 Å². The molecule has 0 amide bonds. The van der Waals surface area contributed by atoms with Crippen molar-refractivity contribution < 1.29 is 8.83 Å². The number of rotatable bonds is 9. The van der Waals surface area contributed by atoms with Gasteiger partial charge in [0.05, 0.1) is 50.7 Å². The molecule has 0 bridgehead atoms. The number of anilines is 9. The predicted octanol–water partition coefficient (Wildman–Crippen LogP) is 21.7. The van der Waals surface area contributed by atoms with Gasteiger partial charge >= 0.3 is 0 Å². The number of fused-ring (bicyclic) bond motifs is 19. The summed E-state index contributed by atoms with van der Waals surface area (Å²) in [6.45, 7) is 4.39. The highest BCUT2D eigenvalue weighted by molar-refractivity contribution is 6.21. The first-order valence-electron chi connectivity index (χ1n) is 30.1. The molecule has 0 fully saturated rings. The van der Waals surface area contributed by atoms with Crippen LogP contribution >= 0.6 is 0 Å². The molecule has 3 heterocycles. The highest BCUT2D eigenvalue weighted by Crippen LogP contribution is 2.67. The van der Waals surface area contributed by atoms with Gasteiger partial charge in [0, 0.05) is 49.4 Å². The first-order valence-corrected chi connectivity index (χ1v) is 30.1. The van der Waals surface area contributed by atoms with Gasteiger partial charge in [-0.2, -0.15) is 10.5 Å². The lowest BCUT2D eigenvalue weighted by atomic mass is 9.64. The van der Waals surface area contributed by atoms with Crippen molar-refractivity contribution in [3.05, 3.63) is 305 Å². The molecule has 15 aromatic rings. The molecule has 2 aromatic heterocycles. The molecule has 0 atom stereocenters. The summed E-state index contributed by atoms with van der Waals surface area (Å²) in [4.78, 5) is 7.23. The molecule has 0 unspecified atom stereocenters. The van der Waals surface area contributed by atoms with Crippen LogP contribution in [-0.4, -0.2) is 0 Å². The van der Waals surface area contributed by atoms with E-state index in [9.17, 15) is 10.5 Å². The number of nitrogens with zero attached hydrogens (tertiary/aromatic N) is 5. The maximum Gasteiger partial charge on any atom is 0.159 e. The van der Waals surface area contributed by atoms with E-state index >= 15 is 0 Å². The average Bonchev–Trinajstić information content (AvgIpc) is 1.45. The summed E-state index contributed by atoms with van der Waals surface area (Å²) in [5, 5.41) is 28.9. The summed E-state index contributed by atoms with van der Waals surface area (Å²) < 4.78 is 14.0. The number of nitriles is 2. The van der Waals surface area contributed by atoms with Gasteiger partial charge < -0.3 is 23.5 Å². The Morgan fingerprint density at radius 3 is 1.16 bits per heavy atom. The summed E-state index contributed by atoms with van der Waals surface area (Å²) in [6, 6.07) is 98.8. The molecule has 0 saturated carbocycles. The van der Waals surface area contributed by atoms with Crippen LogP contribution in [0, 0.1) is 22.7 Å². The fraction of sp³-hybridized carbons (Fsp3) is 0.0617. The van der Waals surface area contributed by atoms with Crippen LogP contribution in [0.25, 0.3) is 76.5 Å². The SMILES string of the molecule is CCc1ccc(N(c2cc3c(c4ccccc24)-c2c(cc(N(c4ccc(CC)cc4)c4cccc5c4oc4c(C#N)cccc45)c4ccccc24)C32c3ccccc3N(c3ccccc3)c3ccccc32)c2cccc3c2oc2c(C#N)cccc23)cc1. The van der Waals surface area contributed by atoms with Crippen molar-refractivity contribution in [2.45, 2.75) is 32.1 Å². The number of hydrogen-bond acceptors (Lipinski definition) is 7. The molecule has 13 aromatic carbocycles. The second kappa shape index (κ2) is 19.7. The normalized spacial score (nSPS) is 12.8. The maximum absolute atomic E-state index is 10.5. The molecular formula is C81H53N5O2. The molecule has 1 spiro atoms. The van der Waals surface area contributed by atoms with Crippen LogP contribution < -0.4 is 14.7 Å². The van der Waals surface area contributed by atoms with E-state index in [-0.39, 0.29) is 0 Å². The Balaban J connectivity index is 1.04. The van der Waals surface area contributed by atoms with Crippen molar-refractivity contribution >= 4 is 117 Å². The molecule has 0 saturated heterocycles. The monoisotopic (exact) mass is 1130 g/mol. The highest BCUT2D eigenvalue weighted by atomic mass is 16.3. The molecule has 88 heavy (non-hydrogen) atoms. The van der Waals surface area contributed by atoms with Crippen LogP contribution in [0.15, 0.2) is 270 Å². The van der Waals surface area contributed by atoms with E-state index in [2.05, 4.69) is 277 Å². The average molecular weight is 1130 g/mol. The Hall–Kier alpha value is -11.6. The topological polar surface area (TPSA) is 83.6 Å². The number of benzene rings is 13. The summed E-state index contributed by atoms with van der Waals surface area (Å²) in [6.07, 6.45) is 1.79. The maximum atomic E-state index is 10.5. The van der Waals surface area contributed by atoms with Gasteiger partial charge in [0.25, 0.3) is 0 Å². The van der Waals surface area contributed by atoms with Crippen molar-refractivity contribution in [2.24, 2.45) is 0 Å². The molecular weight excluding hydrogens is 1070 g/mol. The Bertz CT molecular complexity index is 5150. The van der Waals surface area contributed by atoms with Crippen LogP contribution in [0.2, 0.25) is 0 Å². The molecule has 1 aliphatic carbocycles. The van der Waals surface area contributed by atoms with Gasteiger partial charge in [0.1, 0.15) is 12.1 Å². The smallest absolute Gasteiger partial charge is 0.159 e. The number of furan rings is 2. The second-order valence-corrected chi connectivity index (χ2v) is 23.0. The van der Waals surface area contributed by atoms with Crippen LogP contribution in [0.4, 0.5) is 51.2 Å². The molecule has 0 radical (unpaired) electrons. The minimum atomic E-state index is -0.962. The fourth-order valence-electron chi connectivity index (χ4n) is 14.8. The van der Waals surface area contributed by atoms with Gasteiger partial charge in [-0.05, 0) is 153 Å². The zero-order chi connectivity index (χ0) is 58.8. The van der Waals surface area contributed by atoms with Crippen LogP contribution in [-0.2, 0) is 18.3 Å². The highest BCUT2D eigenvalue weighted by Gasteiger charge is 2.54. The first kappa shape index (κ1) is 50.8. The number of para-hydroxylation sites is 7. The van der Waals surface area contributed by atoms with Crippen molar-refractivity contribution in [3.8, 4) is 23.3 Å². The second-order valence-electron chi connectivity index (χ2n) is 23.0. The minimum Gasteiger partial charge on any atom is -0.452 e. The Kier molecular flexibility index (Phi) is 11.4. The third-order valence-electron chi connectivity index (χ3n) is 18.6. The molecule has 414 valence electrons. The van der Waals surface area contributed by atoms with Gasteiger partial charge in [0.2, 0.25) is 0 Å². The fourth-order valence-corrected chi connectivity index (χ4v) is 14.8. The lowest BCUT2D eigenvalue weighted by Gasteiger charge is -2.45. The van der Waals surface area contributed by atoms with E-state index in [0.29, 0.717) is 33.5 Å². The Morgan fingerprint density at radius 2 is 0.727 bits per heavy atom. The van der Waals surface area contributed by atoms with E-state index < -0.39 is 5.41 Å². The Morgan fingerprint density at radius 1 is 0.352 bits per heavy atom. The van der Waals surface area contributed by atoms with Crippen LogP contribution in [0.1, 0.15) is 58.4 Å². The van der Waals surface area contributed by atoms with Crippen molar-refractivity contribution in [3.63, 3.8) is 0 Å².